The summed E-state index contributed by atoms with van der Waals surface area (Å²) in [7, 11) is 0. The van der Waals surface area contributed by atoms with Gasteiger partial charge in [-0.1, -0.05) is 19.0 Å². The first-order valence-corrected chi connectivity index (χ1v) is 6.07. The summed E-state index contributed by atoms with van der Waals surface area (Å²) < 4.78 is 6.02. The molecule has 0 unspecified atom stereocenters. The molecule has 2 rings (SSSR count). The molecule has 90 valence electrons. The third kappa shape index (κ3) is 2.70. The molecule has 6 heteroatoms. The van der Waals surface area contributed by atoms with E-state index >= 15 is 0 Å². The minimum Gasteiger partial charge on any atom is -0.337 e. The molecule has 2 heterocycles. The summed E-state index contributed by atoms with van der Waals surface area (Å²) in [5, 5.41) is 3.90. The van der Waals surface area contributed by atoms with Crippen molar-refractivity contribution in [3.63, 3.8) is 0 Å². The lowest BCUT2D eigenvalue weighted by molar-refractivity contribution is 0.325. The Morgan fingerprint density at radius 3 is 2.76 bits per heavy atom. The van der Waals surface area contributed by atoms with Crippen molar-refractivity contribution < 1.29 is 4.52 Å². The van der Waals surface area contributed by atoms with Crippen LogP contribution in [0.5, 0.6) is 0 Å². The third-order valence-corrected chi connectivity index (χ3v) is 2.84. The molecule has 0 saturated heterocycles. The van der Waals surface area contributed by atoms with Crippen LogP contribution in [0, 0.1) is 5.92 Å². The zero-order valence-electron chi connectivity index (χ0n) is 9.59. The lowest BCUT2D eigenvalue weighted by atomic mass is 10.1. The highest BCUT2D eigenvalue weighted by atomic mass is 79.9. The highest BCUT2D eigenvalue weighted by Gasteiger charge is 2.18. The maximum Gasteiger partial charge on any atom is 0.244 e. The molecule has 17 heavy (non-hydrogen) atoms. The van der Waals surface area contributed by atoms with Gasteiger partial charge in [-0.05, 0) is 27.9 Å². The summed E-state index contributed by atoms with van der Waals surface area (Å²) in [6.45, 7) is 4.02. The fourth-order valence-electron chi connectivity index (χ4n) is 1.31. The largest absolute Gasteiger partial charge is 0.337 e. The molecule has 0 saturated carbocycles. The Morgan fingerprint density at radius 2 is 2.12 bits per heavy atom. The van der Waals surface area contributed by atoms with Crippen LogP contribution in [0.15, 0.2) is 27.5 Å². The SMILES string of the molecule is CC(C)[C@@H](N)c1nc(-c2cncc(Br)c2)no1. The van der Waals surface area contributed by atoms with Crippen LogP contribution in [0.25, 0.3) is 11.4 Å². The average molecular weight is 297 g/mol. The van der Waals surface area contributed by atoms with Gasteiger partial charge >= 0.3 is 0 Å². The van der Waals surface area contributed by atoms with Crippen LogP contribution in [-0.4, -0.2) is 15.1 Å². The summed E-state index contributed by atoms with van der Waals surface area (Å²) in [5.41, 5.74) is 6.73. The van der Waals surface area contributed by atoms with Crippen molar-refractivity contribution in [2.45, 2.75) is 19.9 Å². The smallest absolute Gasteiger partial charge is 0.244 e. The summed E-state index contributed by atoms with van der Waals surface area (Å²) in [5.74, 6) is 1.21. The van der Waals surface area contributed by atoms with E-state index in [4.69, 9.17) is 10.3 Å². The third-order valence-electron chi connectivity index (χ3n) is 2.41. The second kappa shape index (κ2) is 4.93. The molecule has 0 aromatic carbocycles. The number of nitrogens with zero attached hydrogens (tertiary/aromatic N) is 3. The van der Waals surface area contributed by atoms with Crippen LogP contribution in [0.1, 0.15) is 25.8 Å². The number of aromatic nitrogens is 3. The van der Waals surface area contributed by atoms with Gasteiger partial charge in [0.05, 0.1) is 6.04 Å². The van der Waals surface area contributed by atoms with E-state index in [9.17, 15) is 0 Å². The van der Waals surface area contributed by atoms with Gasteiger partial charge in [-0.15, -0.1) is 0 Å². The number of hydrogen-bond donors (Lipinski definition) is 1. The van der Waals surface area contributed by atoms with Crippen LogP contribution < -0.4 is 5.73 Å². The molecule has 0 spiro atoms. The first-order chi connectivity index (χ1) is 8.08. The van der Waals surface area contributed by atoms with Crippen molar-refractivity contribution in [1.82, 2.24) is 15.1 Å². The van der Waals surface area contributed by atoms with Gasteiger partial charge in [0, 0.05) is 22.4 Å². The van der Waals surface area contributed by atoms with Gasteiger partial charge in [-0.3, -0.25) is 4.98 Å². The fourth-order valence-corrected chi connectivity index (χ4v) is 1.67. The standard InChI is InChI=1S/C11H13BrN4O/c1-6(2)9(13)11-15-10(16-17-11)7-3-8(12)5-14-4-7/h3-6,9H,13H2,1-2H3/t9-/m1/s1. The number of nitrogens with two attached hydrogens (primary N) is 1. The van der Waals surface area contributed by atoms with E-state index in [1.165, 1.54) is 0 Å². The summed E-state index contributed by atoms with van der Waals surface area (Å²) in [6.07, 6.45) is 3.38. The first-order valence-electron chi connectivity index (χ1n) is 5.28. The number of halogens is 1. The lowest BCUT2D eigenvalue weighted by Gasteiger charge is -2.09. The minimum absolute atomic E-state index is 0.239. The molecule has 1 atom stereocenters. The maximum atomic E-state index is 5.94. The predicted molar refractivity (Wildman–Crippen MR) is 67.0 cm³/mol. The number of pyridine rings is 1. The summed E-state index contributed by atoms with van der Waals surface area (Å²) >= 11 is 3.35. The minimum atomic E-state index is -0.239. The van der Waals surface area contributed by atoms with E-state index < -0.39 is 0 Å². The molecule has 0 amide bonds. The monoisotopic (exact) mass is 296 g/mol. The molecular formula is C11H13BrN4O. The Morgan fingerprint density at radius 1 is 1.35 bits per heavy atom. The zero-order chi connectivity index (χ0) is 12.4. The van der Waals surface area contributed by atoms with Gasteiger partial charge < -0.3 is 10.3 Å². The normalized spacial score (nSPS) is 13.0. The van der Waals surface area contributed by atoms with E-state index in [1.807, 2.05) is 19.9 Å². The van der Waals surface area contributed by atoms with Gasteiger partial charge in [0.2, 0.25) is 11.7 Å². The Bertz CT molecular complexity index is 512. The number of rotatable bonds is 3. The summed E-state index contributed by atoms with van der Waals surface area (Å²) in [6, 6.07) is 1.64. The van der Waals surface area contributed by atoms with Crippen molar-refractivity contribution in [3.05, 3.63) is 28.8 Å². The molecule has 2 N–H and O–H groups in total. The van der Waals surface area contributed by atoms with E-state index in [-0.39, 0.29) is 12.0 Å². The van der Waals surface area contributed by atoms with Gasteiger partial charge in [-0.2, -0.15) is 4.98 Å². The molecule has 0 aliphatic heterocycles. The van der Waals surface area contributed by atoms with Crippen LogP contribution in [0.2, 0.25) is 0 Å². The van der Waals surface area contributed by atoms with Crippen molar-refractivity contribution in [3.8, 4) is 11.4 Å². The Kier molecular flexibility index (Phi) is 3.54. The van der Waals surface area contributed by atoms with Crippen LogP contribution >= 0.6 is 15.9 Å². The first kappa shape index (κ1) is 12.2. The van der Waals surface area contributed by atoms with E-state index in [0.717, 1.165) is 10.0 Å². The Hall–Kier alpha value is -1.27. The molecule has 0 bridgehead atoms. The molecule has 5 nitrogen and oxygen atoms in total. The Balaban J connectivity index is 2.30. The molecule has 0 aliphatic rings. The van der Waals surface area contributed by atoms with Gasteiger partial charge in [0.25, 0.3) is 0 Å². The quantitative estimate of drug-likeness (QED) is 0.942. The fraction of sp³-hybridized carbons (Fsp3) is 0.364. The molecule has 0 fully saturated rings. The lowest BCUT2D eigenvalue weighted by Crippen LogP contribution is -2.16. The van der Waals surface area contributed by atoms with Crippen LogP contribution in [0.4, 0.5) is 0 Å². The molecule has 2 aromatic rings. The number of hydrogen-bond acceptors (Lipinski definition) is 5. The van der Waals surface area contributed by atoms with Gasteiger partial charge in [-0.25, -0.2) is 0 Å². The van der Waals surface area contributed by atoms with Crippen LogP contribution in [0.3, 0.4) is 0 Å². The van der Waals surface area contributed by atoms with Crippen molar-refractivity contribution in [2.75, 3.05) is 0 Å². The Labute approximate surface area is 108 Å². The predicted octanol–water partition coefficient (Wildman–Crippen LogP) is 2.55. The molecule has 2 aromatic heterocycles. The zero-order valence-corrected chi connectivity index (χ0v) is 11.2. The molecular weight excluding hydrogens is 284 g/mol. The average Bonchev–Trinajstić information content (AvgIpc) is 2.77. The van der Waals surface area contributed by atoms with Gasteiger partial charge in [0.15, 0.2) is 0 Å². The topological polar surface area (TPSA) is 77.8 Å². The van der Waals surface area contributed by atoms with Crippen molar-refractivity contribution >= 4 is 15.9 Å². The van der Waals surface area contributed by atoms with Crippen molar-refractivity contribution in [1.29, 1.82) is 0 Å². The van der Waals surface area contributed by atoms with E-state index in [2.05, 4.69) is 31.1 Å². The van der Waals surface area contributed by atoms with Crippen LogP contribution in [-0.2, 0) is 0 Å². The van der Waals surface area contributed by atoms with E-state index in [1.54, 1.807) is 12.4 Å². The van der Waals surface area contributed by atoms with Crippen molar-refractivity contribution in [2.24, 2.45) is 11.7 Å². The highest BCUT2D eigenvalue weighted by Crippen LogP contribution is 2.22. The summed E-state index contributed by atoms with van der Waals surface area (Å²) in [4.78, 5) is 8.33. The van der Waals surface area contributed by atoms with E-state index in [0.29, 0.717) is 11.7 Å². The highest BCUT2D eigenvalue weighted by molar-refractivity contribution is 9.10. The second-order valence-electron chi connectivity index (χ2n) is 4.12. The molecule has 0 radical (unpaired) electrons. The maximum absolute atomic E-state index is 5.94. The van der Waals surface area contributed by atoms with Gasteiger partial charge in [0.1, 0.15) is 0 Å². The molecule has 0 aliphatic carbocycles. The second-order valence-corrected chi connectivity index (χ2v) is 5.03.